The van der Waals surface area contributed by atoms with Crippen molar-refractivity contribution in [3.05, 3.63) is 59.8 Å². The number of fused-ring (bicyclic) bond motifs is 5. The summed E-state index contributed by atoms with van der Waals surface area (Å²) in [7, 11) is 3.33. The monoisotopic (exact) mass is 362 g/mol. The van der Waals surface area contributed by atoms with Gasteiger partial charge in [-0.3, -0.25) is 4.98 Å². The van der Waals surface area contributed by atoms with Crippen LogP contribution in [0, 0.1) is 5.92 Å². The molecule has 1 fully saturated rings. The largest absolute Gasteiger partial charge is 0.493 e. The third-order valence-electron chi connectivity index (χ3n) is 5.75. The van der Waals surface area contributed by atoms with Gasteiger partial charge in [-0.25, -0.2) is 0 Å². The van der Waals surface area contributed by atoms with Crippen molar-refractivity contribution in [1.82, 2.24) is 4.98 Å². The minimum Gasteiger partial charge on any atom is -0.493 e. The van der Waals surface area contributed by atoms with Gasteiger partial charge in [0.25, 0.3) is 0 Å². The van der Waals surface area contributed by atoms with Gasteiger partial charge in [0.05, 0.1) is 31.9 Å². The van der Waals surface area contributed by atoms with Gasteiger partial charge in [0.1, 0.15) is 0 Å². The van der Waals surface area contributed by atoms with Crippen molar-refractivity contribution >= 4 is 16.6 Å². The molecule has 1 aromatic heterocycles. The van der Waals surface area contributed by atoms with Gasteiger partial charge >= 0.3 is 0 Å². The summed E-state index contributed by atoms with van der Waals surface area (Å²) in [6.45, 7) is 0.775. The number of rotatable bonds is 3. The molecule has 2 aliphatic heterocycles. The van der Waals surface area contributed by atoms with Crippen molar-refractivity contribution in [2.24, 2.45) is 5.92 Å². The molecule has 0 radical (unpaired) electrons. The van der Waals surface area contributed by atoms with Gasteiger partial charge in [0.15, 0.2) is 11.5 Å². The first-order chi connectivity index (χ1) is 13.3. The molecule has 3 atom stereocenters. The Morgan fingerprint density at radius 1 is 1.07 bits per heavy atom. The zero-order chi connectivity index (χ0) is 18.4. The molecule has 3 aromatic rings. The van der Waals surface area contributed by atoms with E-state index < -0.39 is 0 Å². The van der Waals surface area contributed by atoms with E-state index in [0.717, 1.165) is 35.7 Å². The Hall–Kier alpha value is -2.79. The fourth-order valence-corrected chi connectivity index (χ4v) is 4.50. The van der Waals surface area contributed by atoms with Gasteiger partial charge in [0.2, 0.25) is 0 Å². The lowest BCUT2D eigenvalue weighted by molar-refractivity contribution is 0.0841. The molecule has 0 amide bonds. The van der Waals surface area contributed by atoms with Crippen LogP contribution in [0.3, 0.4) is 0 Å². The van der Waals surface area contributed by atoms with E-state index in [9.17, 15) is 0 Å². The first-order valence-electron chi connectivity index (χ1n) is 9.28. The lowest BCUT2D eigenvalue weighted by atomic mass is 9.80. The Bertz CT molecular complexity index is 1000. The number of pyridine rings is 1. The first kappa shape index (κ1) is 16.4. The Labute approximate surface area is 158 Å². The molecule has 5 heteroatoms. The number of methoxy groups -OCH3 is 2. The molecule has 1 N–H and O–H groups in total. The zero-order valence-corrected chi connectivity index (χ0v) is 15.4. The Balaban J connectivity index is 1.62. The van der Waals surface area contributed by atoms with Gasteiger partial charge in [-0.05, 0) is 42.3 Å². The Morgan fingerprint density at radius 3 is 2.81 bits per heavy atom. The maximum absolute atomic E-state index is 6.22. The molecule has 3 heterocycles. The highest BCUT2D eigenvalue weighted by molar-refractivity contribution is 5.88. The van der Waals surface area contributed by atoms with Crippen LogP contribution in [0.1, 0.15) is 29.7 Å². The second kappa shape index (κ2) is 6.43. The molecule has 0 bridgehead atoms. The molecule has 0 spiro atoms. The molecule has 2 aliphatic rings. The van der Waals surface area contributed by atoms with Crippen LogP contribution < -0.4 is 14.8 Å². The summed E-state index contributed by atoms with van der Waals surface area (Å²) in [6, 6.07) is 14.6. The minimum absolute atomic E-state index is 0.0762. The summed E-state index contributed by atoms with van der Waals surface area (Å²) in [6.07, 6.45) is 2.93. The predicted molar refractivity (Wildman–Crippen MR) is 104 cm³/mol. The molecule has 27 heavy (non-hydrogen) atoms. The number of ether oxygens (including phenoxy) is 3. The second-order valence-electron chi connectivity index (χ2n) is 7.08. The SMILES string of the molecule is COc1ccc(C2Nc3ccc4ncccc4c3[C@@H]3OCC[C@H]23)cc1OC. The molecule has 1 unspecified atom stereocenters. The van der Waals surface area contributed by atoms with Crippen molar-refractivity contribution in [2.45, 2.75) is 18.6 Å². The second-order valence-corrected chi connectivity index (χ2v) is 7.08. The number of benzene rings is 2. The summed E-state index contributed by atoms with van der Waals surface area (Å²) in [5, 5.41) is 4.93. The lowest BCUT2D eigenvalue weighted by Crippen LogP contribution is -2.29. The van der Waals surface area contributed by atoms with Crippen molar-refractivity contribution in [1.29, 1.82) is 0 Å². The average molecular weight is 362 g/mol. The predicted octanol–water partition coefficient (Wildman–Crippen LogP) is 4.50. The molecule has 2 aromatic carbocycles. The van der Waals surface area contributed by atoms with Crippen LogP contribution in [0.15, 0.2) is 48.7 Å². The van der Waals surface area contributed by atoms with E-state index in [0.29, 0.717) is 5.92 Å². The van der Waals surface area contributed by atoms with Crippen molar-refractivity contribution in [2.75, 3.05) is 26.1 Å². The maximum atomic E-state index is 6.22. The highest BCUT2D eigenvalue weighted by atomic mass is 16.5. The quantitative estimate of drug-likeness (QED) is 0.744. The summed E-state index contributed by atoms with van der Waals surface area (Å²) < 4.78 is 17.1. The summed E-state index contributed by atoms with van der Waals surface area (Å²) in [5.41, 5.74) is 4.56. The van der Waals surface area contributed by atoms with Crippen LogP contribution in [-0.4, -0.2) is 25.8 Å². The Kier molecular flexibility index (Phi) is 3.90. The smallest absolute Gasteiger partial charge is 0.161 e. The number of anilines is 1. The first-order valence-corrected chi connectivity index (χ1v) is 9.28. The van der Waals surface area contributed by atoms with E-state index in [4.69, 9.17) is 14.2 Å². The van der Waals surface area contributed by atoms with Crippen molar-refractivity contribution in [3.63, 3.8) is 0 Å². The van der Waals surface area contributed by atoms with E-state index in [-0.39, 0.29) is 12.1 Å². The van der Waals surface area contributed by atoms with Crippen LogP contribution in [0.25, 0.3) is 10.9 Å². The normalized spacial score (nSPS) is 23.4. The molecule has 1 saturated heterocycles. The maximum Gasteiger partial charge on any atom is 0.161 e. The van der Waals surface area contributed by atoms with E-state index in [1.807, 2.05) is 18.3 Å². The fraction of sp³-hybridized carbons (Fsp3) is 0.318. The molecule has 5 nitrogen and oxygen atoms in total. The van der Waals surface area contributed by atoms with Gasteiger partial charge < -0.3 is 19.5 Å². The van der Waals surface area contributed by atoms with Crippen LogP contribution >= 0.6 is 0 Å². The molecular weight excluding hydrogens is 340 g/mol. The van der Waals surface area contributed by atoms with E-state index in [2.05, 4.69) is 40.6 Å². The van der Waals surface area contributed by atoms with Gasteiger partial charge in [0, 0.05) is 35.4 Å². The number of hydrogen-bond acceptors (Lipinski definition) is 5. The molecule has 0 saturated carbocycles. The third-order valence-corrected chi connectivity index (χ3v) is 5.75. The lowest BCUT2D eigenvalue weighted by Gasteiger charge is -2.37. The number of nitrogens with zero attached hydrogens (tertiary/aromatic N) is 1. The van der Waals surface area contributed by atoms with E-state index >= 15 is 0 Å². The number of hydrogen-bond donors (Lipinski definition) is 1. The molecule has 0 aliphatic carbocycles. The minimum atomic E-state index is 0.0762. The van der Waals surface area contributed by atoms with Crippen LogP contribution in [0.5, 0.6) is 11.5 Å². The number of nitrogens with one attached hydrogen (secondary N) is 1. The summed E-state index contributed by atoms with van der Waals surface area (Å²) in [5.74, 6) is 1.86. The van der Waals surface area contributed by atoms with Gasteiger partial charge in [-0.2, -0.15) is 0 Å². The molecular formula is C22H22N2O3. The fourth-order valence-electron chi connectivity index (χ4n) is 4.50. The highest BCUT2D eigenvalue weighted by Gasteiger charge is 2.42. The van der Waals surface area contributed by atoms with Crippen LogP contribution in [0.2, 0.25) is 0 Å². The van der Waals surface area contributed by atoms with E-state index in [1.165, 1.54) is 16.5 Å². The molecule has 5 rings (SSSR count). The van der Waals surface area contributed by atoms with Crippen molar-refractivity contribution < 1.29 is 14.2 Å². The number of aromatic nitrogens is 1. The summed E-state index contributed by atoms with van der Waals surface area (Å²) in [4.78, 5) is 4.51. The van der Waals surface area contributed by atoms with Crippen LogP contribution in [0.4, 0.5) is 5.69 Å². The van der Waals surface area contributed by atoms with Gasteiger partial charge in [-0.15, -0.1) is 0 Å². The zero-order valence-electron chi connectivity index (χ0n) is 15.4. The standard InChI is InChI=1S/C22H22N2O3/c1-25-18-8-5-13(12-19(18)26-2)21-15-9-11-27-22(15)20-14-4-3-10-23-16(14)6-7-17(20)24-21/h3-8,10,12,15,21-22,24H,9,11H2,1-2H3/t15-,21?,22-/m1/s1. The molecule has 138 valence electrons. The average Bonchev–Trinajstić information content (AvgIpc) is 3.22. The van der Waals surface area contributed by atoms with Crippen molar-refractivity contribution in [3.8, 4) is 11.5 Å². The topological polar surface area (TPSA) is 52.6 Å². The van der Waals surface area contributed by atoms with Crippen LogP contribution in [-0.2, 0) is 4.74 Å². The van der Waals surface area contributed by atoms with E-state index in [1.54, 1.807) is 14.2 Å². The van der Waals surface area contributed by atoms with Gasteiger partial charge in [-0.1, -0.05) is 12.1 Å². The Morgan fingerprint density at radius 2 is 1.96 bits per heavy atom. The summed E-state index contributed by atoms with van der Waals surface area (Å²) >= 11 is 0. The highest BCUT2D eigenvalue weighted by Crippen LogP contribution is 2.52. The third kappa shape index (κ3) is 2.53.